The lowest BCUT2D eigenvalue weighted by molar-refractivity contribution is -0.623. The van der Waals surface area contributed by atoms with Gasteiger partial charge in [-0.1, -0.05) is 35.9 Å². The molecule has 0 bridgehead atoms. The minimum absolute atomic E-state index is 0.124. The summed E-state index contributed by atoms with van der Waals surface area (Å²) in [6, 6.07) is 13.4. The molecule has 0 amide bonds. The van der Waals surface area contributed by atoms with Gasteiger partial charge in [-0.3, -0.25) is 0 Å². The fourth-order valence-electron chi connectivity index (χ4n) is 2.42. The largest absolute Gasteiger partial charge is 0.478 e. The Balaban J connectivity index is 1.75. The van der Waals surface area contributed by atoms with Gasteiger partial charge in [-0.15, -0.1) is 5.48 Å². The maximum Gasteiger partial charge on any atom is 0.335 e. The van der Waals surface area contributed by atoms with Gasteiger partial charge >= 0.3 is 18.4 Å². The normalized spacial score (nSPS) is 20.7. The van der Waals surface area contributed by atoms with Crippen LogP contribution in [-0.4, -0.2) is 22.1 Å². The van der Waals surface area contributed by atoms with Gasteiger partial charge in [-0.05, 0) is 29.8 Å². The van der Waals surface area contributed by atoms with E-state index >= 15 is 0 Å². The molecular weight excluding hydrogens is 320 g/mol. The van der Waals surface area contributed by atoms with Crippen LogP contribution in [-0.2, 0) is 11.3 Å². The van der Waals surface area contributed by atoms with Crippen LogP contribution < -0.4 is 5.48 Å². The highest BCUT2D eigenvalue weighted by atomic mass is 35.5. The van der Waals surface area contributed by atoms with E-state index in [9.17, 15) is 9.70 Å². The fraction of sp³-hybridized carbons (Fsp3) is 0.188. The summed E-state index contributed by atoms with van der Waals surface area (Å²) in [6.07, 6.45) is -1.05. The lowest BCUT2D eigenvalue weighted by Crippen LogP contribution is -2.23. The zero-order chi connectivity index (χ0) is 16.4. The van der Waals surface area contributed by atoms with Gasteiger partial charge in [0.15, 0.2) is 0 Å². The highest BCUT2D eigenvalue weighted by Gasteiger charge is 2.44. The summed E-state index contributed by atoms with van der Waals surface area (Å²) in [7, 11) is 0. The number of carbonyl (C=O) groups is 1. The SMILES string of the molecule is O=C(O)c1cccc(C2NOC(Cc3ccc(Cl)cc3)[N+]2=O)c1. The quantitative estimate of drug-likeness (QED) is 0.841. The molecule has 1 aliphatic heterocycles. The van der Waals surface area contributed by atoms with Crippen molar-refractivity contribution in [1.82, 2.24) is 5.48 Å². The van der Waals surface area contributed by atoms with Crippen LogP contribution >= 0.6 is 11.6 Å². The van der Waals surface area contributed by atoms with E-state index in [2.05, 4.69) is 5.48 Å². The molecule has 118 valence electrons. The van der Waals surface area contributed by atoms with Crippen LogP contribution in [0.1, 0.15) is 27.7 Å². The summed E-state index contributed by atoms with van der Waals surface area (Å²) < 4.78 is 0.787. The minimum Gasteiger partial charge on any atom is -0.478 e. The first kappa shape index (κ1) is 15.6. The number of hydrogen-bond donors (Lipinski definition) is 2. The number of hydrogen-bond acceptors (Lipinski definition) is 4. The molecule has 2 aromatic rings. The van der Waals surface area contributed by atoms with E-state index in [0.717, 1.165) is 10.3 Å². The molecule has 0 saturated carbocycles. The van der Waals surface area contributed by atoms with Gasteiger partial charge in [-0.2, -0.15) is 0 Å². The zero-order valence-corrected chi connectivity index (χ0v) is 12.7. The first-order valence-corrected chi connectivity index (χ1v) is 7.37. The van der Waals surface area contributed by atoms with Crippen LogP contribution in [0.4, 0.5) is 0 Å². The standard InChI is InChI=1S/C16H13ClN2O4/c17-13-6-4-10(5-7-13)8-14-19(22)15(18-23-14)11-2-1-3-12(9-11)16(20)21/h1-7,9,14-15,18H,8H2/p+1. The van der Waals surface area contributed by atoms with Crippen LogP contribution in [0.5, 0.6) is 0 Å². The van der Waals surface area contributed by atoms with E-state index in [1.165, 1.54) is 12.1 Å². The number of carboxylic acid groups (broad SMARTS) is 1. The molecule has 1 aliphatic rings. The Morgan fingerprint density at radius 2 is 2.00 bits per heavy atom. The van der Waals surface area contributed by atoms with Crippen molar-refractivity contribution < 1.29 is 19.5 Å². The molecule has 1 fully saturated rings. The molecule has 2 N–H and O–H groups in total. The number of rotatable bonds is 4. The third kappa shape index (κ3) is 3.39. The number of aromatic carboxylic acids is 1. The molecule has 1 heterocycles. The number of halogens is 1. The number of benzene rings is 2. The second-order valence-corrected chi connectivity index (χ2v) is 5.65. The van der Waals surface area contributed by atoms with Gasteiger partial charge in [-0.25, -0.2) is 9.63 Å². The van der Waals surface area contributed by atoms with E-state index in [1.807, 2.05) is 12.1 Å². The Morgan fingerprint density at radius 1 is 1.26 bits per heavy atom. The summed E-state index contributed by atoms with van der Waals surface area (Å²) in [6.45, 7) is 0. The Labute approximate surface area is 137 Å². The lowest BCUT2D eigenvalue weighted by atomic mass is 10.1. The van der Waals surface area contributed by atoms with Crippen molar-refractivity contribution in [3.8, 4) is 0 Å². The summed E-state index contributed by atoms with van der Waals surface area (Å²) in [4.78, 5) is 28.8. The predicted octanol–water partition coefficient (Wildman–Crippen LogP) is 2.92. The van der Waals surface area contributed by atoms with Gasteiger partial charge in [0, 0.05) is 15.5 Å². The minimum atomic E-state index is -1.04. The Morgan fingerprint density at radius 3 is 2.70 bits per heavy atom. The first-order chi connectivity index (χ1) is 11.0. The van der Waals surface area contributed by atoms with E-state index in [1.54, 1.807) is 24.3 Å². The van der Waals surface area contributed by atoms with Crippen molar-refractivity contribution in [2.24, 2.45) is 0 Å². The molecule has 7 heteroatoms. The van der Waals surface area contributed by atoms with Crippen molar-refractivity contribution in [3.63, 3.8) is 0 Å². The van der Waals surface area contributed by atoms with Gasteiger partial charge in [0.05, 0.1) is 16.7 Å². The van der Waals surface area contributed by atoms with Gasteiger partial charge in [0.25, 0.3) is 0 Å². The van der Waals surface area contributed by atoms with Crippen molar-refractivity contribution in [3.05, 3.63) is 75.2 Å². The molecule has 0 radical (unpaired) electrons. The van der Waals surface area contributed by atoms with Gasteiger partial charge < -0.3 is 5.11 Å². The molecule has 0 aromatic heterocycles. The number of nitrogens with zero attached hydrogens (tertiary/aromatic N) is 1. The Kier molecular flexibility index (Phi) is 4.38. The second-order valence-electron chi connectivity index (χ2n) is 5.21. The number of nitrogens with one attached hydrogen (secondary N) is 1. The van der Waals surface area contributed by atoms with Crippen LogP contribution in [0.25, 0.3) is 0 Å². The number of hydroxylamine groups is 1. The Hall–Kier alpha value is -2.28. The van der Waals surface area contributed by atoms with E-state index in [0.29, 0.717) is 17.0 Å². The van der Waals surface area contributed by atoms with Crippen LogP contribution in [0, 0.1) is 4.91 Å². The molecule has 1 saturated heterocycles. The topological polar surface area (TPSA) is 78.6 Å². The van der Waals surface area contributed by atoms with Gasteiger partial charge in [0.1, 0.15) is 0 Å². The fourth-order valence-corrected chi connectivity index (χ4v) is 2.55. The number of carboxylic acids is 1. The highest BCUT2D eigenvalue weighted by Crippen LogP contribution is 2.24. The monoisotopic (exact) mass is 333 g/mol. The molecule has 6 nitrogen and oxygen atoms in total. The predicted molar refractivity (Wildman–Crippen MR) is 82.9 cm³/mol. The van der Waals surface area contributed by atoms with Crippen LogP contribution in [0.2, 0.25) is 5.02 Å². The zero-order valence-electron chi connectivity index (χ0n) is 12.0. The average Bonchev–Trinajstić information content (AvgIpc) is 2.91. The van der Waals surface area contributed by atoms with E-state index in [4.69, 9.17) is 21.5 Å². The van der Waals surface area contributed by atoms with Gasteiger partial charge in [0.2, 0.25) is 0 Å². The maximum atomic E-state index is 12.4. The summed E-state index contributed by atoms with van der Waals surface area (Å²) >= 11 is 5.84. The first-order valence-electron chi connectivity index (χ1n) is 6.99. The maximum absolute atomic E-state index is 12.4. The highest BCUT2D eigenvalue weighted by molar-refractivity contribution is 6.30. The molecule has 3 rings (SSSR count). The van der Waals surface area contributed by atoms with Crippen molar-refractivity contribution in [2.75, 3.05) is 0 Å². The van der Waals surface area contributed by atoms with Crippen LogP contribution in [0.15, 0.2) is 48.5 Å². The second kappa shape index (κ2) is 6.45. The molecule has 2 atom stereocenters. The lowest BCUT2D eigenvalue weighted by Gasteiger charge is -2.03. The molecule has 0 aliphatic carbocycles. The van der Waals surface area contributed by atoms with Crippen molar-refractivity contribution in [1.29, 1.82) is 0 Å². The molecule has 2 aromatic carbocycles. The third-order valence-corrected chi connectivity index (χ3v) is 3.88. The molecular formula is C16H14ClN2O4+. The van der Waals surface area contributed by atoms with E-state index in [-0.39, 0.29) is 5.56 Å². The smallest absolute Gasteiger partial charge is 0.335 e. The molecule has 0 spiro atoms. The Bertz CT molecular complexity index is 748. The van der Waals surface area contributed by atoms with Crippen LogP contribution in [0.3, 0.4) is 0 Å². The average molecular weight is 334 g/mol. The number of nitroso groups, excluding NO2 is 1. The molecule has 23 heavy (non-hydrogen) atoms. The summed E-state index contributed by atoms with van der Waals surface area (Å²) in [5.41, 5.74) is 4.25. The third-order valence-electron chi connectivity index (χ3n) is 3.63. The molecule has 2 unspecified atom stereocenters. The van der Waals surface area contributed by atoms with Crippen molar-refractivity contribution in [2.45, 2.75) is 18.8 Å². The van der Waals surface area contributed by atoms with Crippen molar-refractivity contribution >= 4 is 17.6 Å². The summed E-state index contributed by atoms with van der Waals surface area (Å²) in [5, 5.41) is 9.66. The van der Waals surface area contributed by atoms with E-state index < -0.39 is 18.4 Å². The summed E-state index contributed by atoms with van der Waals surface area (Å²) in [5.74, 6) is -1.04.